The summed E-state index contributed by atoms with van der Waals surface area (Å²) in [4.78, 5) is 9.52. The van der Waals surface area contributed by atoms with Gasteiger partial charge in [-0.15, -0.1) is 0 Å². The highest BCUT2D eigenvalue weighted by atomic mass is 19.4. The monoisotopic (exact) mass is 250 g/mol. The molecule has 0 amide bonds. The third kappa shape index (κ3) is 2.77. The molecule has 0 radical (unpaired) electrons. The van der Waals surface area contributed by atoms with Crippen LogP contribution in [0, 0.1) is 10.1 Å². The Balaban J connectivity index is 3.42. The Labute approximate surface area is 94.1 Å². The molecule has 94 valence electrons. The van der Waals surface area contributed by atoms with E-state index in [9.17, 15) is 23.3 Å². The molecule has 0 bridgehead atoms. The molecule has 1 aromatic carbocycles. The second-order valence-electron chi connectivity index (χ2n) is 3.10. The summed E-state index contributed by atoms with van der Waals surface area (Å²) in [5.41, 5.74) is 2.91. The Bertz CT molecular complexity index is 446. The predicted molar refractivity (Wildman–Crippen MR) is 53.7 cm³/mol. The smallest absolute Gasteiger partial charge is 0.420 e. The van der Waals surface area contributed by atoms with Gasteiger partial charge in [0.1, 0.15) is 17.0 Å². The first-order chi connectivity index (χ1) is 7.77. The number of benzene rings is 1. The van der Waals surface area contributed by atoms with Gasteiger partial charge in [0, 0.05) is 12.1 Å². The van der Waals surface area contributed by atoms with Gasteiger partial charge in [0.2, 0.25) is 0 Å². The number of anilines is 1. The number of nitro benzene ring substituents is 1. The van der Waals surface area contributed by atoms with Gasteiger partial charge in [-0.05, 0) is 6.92 Å². The topological polar surface area (TPSA) is 78.4 Å². The van der Waals surface area contributed by atoms with Crippen molar-refractivity contribution in [2.24, 2.45) is 0 Å². The van der Waals surface area contributed by atoms with Gasteiger partial charge in [0.05, 0.1) is 11.5 Å². The minimum absolute atomic E-state index is 0.000328. The predicted octanol–water partition coefficient (Wildman–Crippen LogP) is 2.59. The van der Waals surface area contributed by atoms with Crippen molar-refractivity contribution in [3.63, 3.8) is 0 Å². The number of nitro groups is 1. The number of ether oxygens (including phenoxy) is 1. The van der Waals surface area contributed by atoms with Crippen LogP contribution in [0.3, 0.4) is 0 Å². The van der Waals surface area contributed by atoms with Gasteiger partial charge in [-0.1, -0.05) is 0 Å². The molecule has 8 heteroatoms. The van der Waals surface area contributed by atoms with Crippen molar-refractivity contribution in [1.82, 2.24) is 0 Å². The molecule has 0 aromatic heterocycles. The van der Waals surface area contributed by atoms with Gasteiger partial charge in [0.15, 0.2) is 0 Å². The summed E-state index contributed by atoms with van der Waals surface area (Å²) in [6.45, 7) is 1.50. The van der Waals surface area contributed by atoms with E-state index in [1.54, 1.807) is 0 Å². The lowest BCUT2D eigenvalue weighted by Gasteiger charge is -2.13. The van der Waals surface area contributed by atoms with Crippen molar-refractivity contribution in [3.05, 3.63) is 27.8 Å². The maximum Gasteiger partial charge on any atom is 0.420 e. The van der Waals surface area contributed by atoms with Crippen LogP contribution in [0.4, 0.5) is 24.5 Å². The van der Waals surface area contributed by atoms with E-state index in [4.69, 9.17) is 10.5 Å². The molecule has 0 saturated carbocycles. The van der Waals surface area contributed by atoms with E-state index in [0.29, 0.717) is 6.07 Å². The second kappa shape index (κ2) is 4.48. The lowest BCUT2D eigenvalue weighted by molar-refractivity contribution is -0.384. The molecule has 5 nitrogen and oxygen atoms in total. The molecule has 2 N–H and O–H groups in total. The highest BCUT2D eigenvalue weighted by molar-refractivity contribution is 5.64. The molecule has 1 rings (SSSR count). The van der Waals surface area contributed by atoms with E-state index in [1.165, 1.54) is 6.92 Å². The van der Waals surface area contributed by atoms with Gasteiger partial charge in [0.25, 0.3) is 5.69 Å². The molecule has 1 aromatic rings. The molecule has 0 aliphatic heterocycles. The number of nitrogens with zero attached hydrogens (tertiary/aromatic N) is 1. The van der Waals surface area contributed by atoms with E-state index in [0.717, 1.165) is 6.07 Å². The summed E-state index contributed by atoms with van der Waals surface area (Å²) in [6, 6.07) is 1.19. The Hall–Kier alpha value is -1.99. The van der Waals surface area contributed by atoms with Crippen molar-refractivity contribution in [2.45, 2.75) is 13.1 Å². The van der Waals surface area contributed by atoms with Crippen LogP contribution in [0.1, 0.15) is 12.5 Å². The van der Waals surface area contributed by atoms with Crippen molar-refractivity contribution in [3.8, 4) is 5.75 Å². The van der Waals surface area contributed by atoms with Crippen LogP contribution in [-0.4, -0.2) is 11.5 Å². The number of hydrogen-bond acceptors (Lipinski definition) is 4. The first-order valence-corrected chi connectivity index (χ1v) is 4.55. The molecule has 0 aliphatic rings. The molecule has 0 fully saturated rings. The molecule has 0 heterocycles. The van der Waals surface area contributed by atoms with Crippen LogP contribution in [-0.2, 0) is 6.18 Å². The molecule has 0 unspecified atom stereocenters. The zero-order chi connectivity index (χ0) is 13.2. The summed E-state index contributed by atoms with van der Waals surface area (Å²) in [7, 11) is 0. The fourth-order valence-electron chi connectivity index (χ4n) is 1.24. The maximum absolute atomic E-state index is 12.6. The summed E-state index contributed by atoms with van der Waals surface area (Å²) in [6.07, 6.45) is -4.73. The number of halogens is 3. The standard InChI is InChI=1S/C9H9F3N2O3/c1-2-17-8-4-6(13)7(14(15)16)3-5(8)9(10,11)12/h3-4H,2,13H2,1H3. The first kappa shape index (κ1) is 13.1. The van der Waals surface area contributed by atoms with Gasteiger partial charge in [-0.2, -0.15) is 13.2 Å². The molecule has 0 atom stereocenters. The third-order valence-corrected chi connectivity index (χ3v) is 1.93. The van der Waals surface area contributed by atoms with Crippen molar-refractivity contribution in [2.75, 3.05) is 12.3 Å². The number of hydrogen-bond donors (Lipinski definition) is 1. The zero-order valence-electron chi connectivity index (χ0n) is 8.75. The molecule has 0 aliphatic carbocycles. The first-order valence-electron chi connectivity index (χ1n) is 4.55. The van der Waals surface area contributed by atoms with Crippen LogP contribution in [0.25, 0.3) is 0 Å². The van der Waals surface area contributed by atoms with E-state index < -0.39 is 28.1 Å². The second-order valence-corrected chi connectivity index (χ2v) is 3.10. The van der Waals surface area contributed by atoms with Crippen molar-refractivity contribution in [1.29, 1.82) is 0 Å². The van der Waals surface area contributed by atoms with E-state index in [2.05, 4.69) is 0 Å². The molecular weight excluding hydrogens is 241 g/mol. The number of nitrogens with two attached hydrogens (primary N) is 1. The Morgan fingerprint density at radius 1 is 1.47 bits per heavy atom. The molecule has 0 spiro atoms. The Morgan fingerprint density at radius 3 is 2.47 bits per heavy atom. The number of rotatable bonds is 3. The van der Waals surface area contributed by atoms with Crippen molar-refractivity contribution < 1.29 is 22.8 Å². The largest absolute Gasteiger partial charge is 0.493 e. The Morgan fingerprint density at radius 2 is 2.06 bits per heavy atom. The summed E-state index contributed by atoms with van der Waals surface area (Å²) in [5, 5.41) is 10.5. The number of alkyl halides is 3. The fraction of sp³-hybridized carbons (Fsp3) is 0.333. The maximum atomic E-state index is 12.6. The lowest BCUT2D eigenvalue weighted by atomic mass is 10.1. The minimum atomic E-state index is -4.73. The minimum Gasteiger partial charge on any atom is -0.493 e. The summed E-state index contributed by atoms with van der Waals surface area (Å²) < 4.78 is 42.6. The van der Waals surface area contributed by atoms with E-state index in [-0.39, 0.29) is 12.3 Å². The average molecular weight is 250 g/mol. The van der Waals surface area contributed by atoms with Gasteiger partial charge < -0.3 is 10.5 Å². The van der Waals surface area contributed by atoms with Crippen molar-refractivity contribution >= 4 is 11.4 Å². The lowest BCUT2D eigenvalue weighted by Crippen LogP contribution is -2.10. The quantitative estimate of drug-likeness (QED) is 0.508. The Kier molecular flexibility index (Phi) is 3.45. The molecular formula is C9H9F3N2O3. The van der Waals surface area contributed by atoms with Gasteiger partial charge in [-0.3, -0.25) is 10.1 Å². The van der Waals surface area contributed by atoms with Gasteiger partial charge >= 0.3 is 6.18 Å². The van der Waals surface area contributed by atoms with E-state index in [1.807, 2.05) is 0 Å². The van der Waals surface area contributed by atoms with Gasteiger partial charge in [-0.25, -0.2) is 0 Å². The van der Waals surface area contributed by atoms with Crippen LogP contribution < -0.4 is 10.5 Å². The van der Waals surface area contributed by atoms with Crippen LogP contribution >= 0.6 is 0 Å². The van der Waals surface area contributed by atoms with E-state index >= 15 is 0 Å². The molecule has 17 heavy (non-hydrogen) atoms. The van der Waals surface area contributed by atoms with Crippen LogP contribution in [0.15, 0.2) is 12.1 Å². The van der Waals surface area contributed by atoms with Crippen LogP contribution in [0.2, 0.25) is 0 Å². The third-order valence-electron chi connectivity index (χ3n) is 1.93. The highest BCUT2D eigenvalue weighted by Crippen LogP contribution is 2.40. The number of nitrogen functional groups attached to an aromatic ring is 1. The fourth-order valence-corrected chi connectivity index (χ4v) is 1.24. The normalized spacial score (nSPS) is 11.3. The zero-order valence-corrected chi connectivity index (χ0v) is 8.75. The SMILES string of the molecule is CCOc1cc(N)c([N+](=O)[O-])cc1C(F)(F)F. The summed E-state index contributed by atoms with van der Waals surface area (Å²) >= 11 is 0. The van der Waals surface area contributed by atoms with Crippen LogP contribution in [0.5, 0.6) is 5.75 Å². The summed E-state index contributed by atoms with van der Waals surface area (Å²) in [5.74, 6) is -0.511. The highest BCUT2D eigenvalue weighted by Gasteiger charge is 2.37. The molecule has 0 saturated heterocycles. The average Bonchev–Trinajstić information content (AvgIpc) is 2.15.